The Kier molecular flexibility index (Phi) is 3.32. The number of aldehydes is 1. The minimum Gasteiger partial charge on any atom is -0.457 e. The van der Waals surface area contributed by atoms with Gasteiger partial charge in [-0.15, -0.1) is 0 Å². The van der Waals surface area contributed by atoms with Crippen LogP contribution in [0.25, 0.3) is 0 Å². The Balaban J connectivity index is 2.30. The third-order valence-corrected chi connectivity index (χ3v) is 2.22. The van der Waals surface area contributed by atoms with E-state index < -0.39 is 23.0 Å². The number of carbonyl (C=O) groups is 1. The Labute approximate surface area is 101 Å². The lowest BCUT2D eigenvalue weighted by Gasteiger charge is -2.07. The first-order chi connectivity index (χ1) is 8.60. The number of benzene rings is 2. The molecule has 92 valence electrons. The van der Waals surface area contributed by atoms with Crippen molar-refractivity contribution in [2.75, 3.05) is 0 Å². The van der Waals surface area contributed by atoms with Gasteiger partial charge in [-0.25, -0.2) is 13.2 Å². The van der Waals surface area contributed by atoms with Crippen LogP contribution in [-0.2, 0) is 0 Å². The van der Waals surface area contributed by atoms with Crippen LogP contribution in [0.5, 0.6) is 11.5 Å². The van der Waals surface area contributed by atoms with E-state index in [1.165, 1.54) is 12.1 Å². The normalized spacial score (nSPS) is 10.2. The number of hydrogen-bond donors (Lipinski definition) is 0. The Morgan fingerprint density at radius 3 is 1.94 bits per heavy atom. The molecule has 0 N–H and O–H groups in total. The predicted molar refractivity (Wildman–Crippen MR) is 58.2 cm³/mol. The minimum absolute atomic E-state index is 0.0896. The molecule has 0 saturated carbocycles. The summed E-state index contributed by atoms with van der Waals surface area (Å²) in [5.74, 6) is -2.35. The summed E-state index contributed by atoms with van der Waals surface area (Å²) in [7, 11) is 0. The van der Waals surface area contributed by atoms with Gasteiger partial charge in [-0.05, 0) is 24.3 Å². The van der Waals surface area contributed by atoms with Crippen LogP contribution in [0.2, 0.25) is 0 Å². The van der Waals surface area contributed by atoms with Crippen LogP contribution in [0.3, 0.4) is 0 Å². The van der Waals surface area contributed by atoms with Crippen molar-refractivity contribution in [2.24, 2.45) is 0 Å². The lowest BCUT2D eigenvalue weighted by molar-refractivity contribution is 0.111. The summed E-state index contributed by atoms with van der Waals surface area (Å²) in [6.45, 7) is 0. The smallest absolute Gasteiger partial charge is 0.155 e. The van der Waals surface area contributed by atoms with E-state index in [9.17, 15) is 18.0 Å². The molecule has 2 nitrogen and oxygen atoms in total. The number of ether oxygens (including phenoxy) is 1. The van der Waals surface area contributed by atoms with E-state index in [1.807, 2.05) is 0 Å². The Hall–Kier alpha value is -2.30. The second-order valence-corrected chi connectivity index (χ2v) is 3.47. The maximum Gasteiger partial charge on any atom is 0.155 e. The molecule has 0 aromatic heterocycles. The highest BCUT2D eigenvalue weighted by molar-refractivity contribution is 5.76. The first-order valence-corrected chi connectivity index (χ1v) is 4.98. The maximum absolute atomic E-state index is 13.3. The maximum atomic E-state index is 13.3. The fraction of sp³-hybridized carbons (Fsp3) is 0. The fourth-order valence-corrected chi connectivity index (χ4v) is 1.37. The second kappa shape index (κ2) is 4.91. The molecule has 0 aliphatic carbocycles. The Morgan fingerprint density at radius 1 is 0.889 bits per heavy atom. The topological polar surface area (TPSA) is 26.3 Å². The molecule has 0 atom stereocenters. The summed E-state index contributed by atoms with van der Waals surface area (Å²) in [4.78, 5) is 10.4. The predicted octanol–water partition coefficient (Wildman–Crippen LogP) is 3.71. The van der Waals surface area contributed by atoms with Gasteiger partial charge in [-0.2, -0.15) is 0 Å². The standard InChI is InChI=1S/C13H7F3O2/c14-8-1-3-9(4-2-8)18-10-5-12(15)11(7-17)13(16)6-10/h1-7H. The van der Waals surface area contributed by atoms with Gasteiger partial charge in [0.15, 0.2) is 6.29 Å². The van der Waals surface area contributed by atoms with E-state index in [0.717, 1.165) is 24.3 Å². The van der Waals surface area contributed by atoms with E-state index in [0.29, 0.717) is 0 Å². The van der Waals surface area contributed by atoms with Crippen molar-refractivity contribution in [3.8, 4) is 11.5 Å². The van der Waals surface area contributed by atoms with Gasteiger partial charge < -0.3 is 4.74 Å². The van der Waals surface area contributed by atoms with E-state index in [-0.39, 0.29) is 17.8 Å². The van der Waals surface area contributed by atoms with E-state index in [1.54, 1.807) is 0 Å². The molecule has 0 amide bonds. The first kappa shape index (κ1) is 12.2. The van der Waals surface area contributed by atoms with Gasteiger partial charge in [-0.3, -0.25) is 4.79 Å². The average Bonchev–Trinajstić information content (AvgIpc) is 2.32. The molecule has 0 spiro atoms. The van der Waals surface area contributed by atoms with E-state index >= 15 is 0 Å². The molecular formula is C13H7F3O2. The summed E-state index contributed by atoms with van der Waals surface area (Å²) in [6.07, 6.45) is 0.0896. The van der Waals surface area contributed by atoms with Crippen LogP contribution in [0.15, 0.2) is 36.4 Å². The molecule has 0 bridgehead atoms. The second-order valence-electron chi connectivity index (χ2n) is 3.47. The van der Waals surface area contributed by atoms with Crippen molar-refractivity contribution >= 4 is 6.29 Å². The van der Waals surface area contributed by atoms with Gasteiger partial charge in [0.05, 0.1) is 5.56 Å². The molecule has 2 rings (SSSR count). The number of rotatable bonds is 3. The first-order valence-electron chi connectivity index (χ1n) is 4.98. The molecule has 0 fully saturated rings. The monoisotopic (exact) mass is 252 g/mol. The van der Waals surface area contributed by atoms with E-state index in [2.05, 4.69) is 0 Å². The van der Waals surface area contributed by atoms with Gasteiger partial charge in [0.25, 0.3) is 0 Å². The summed E-state index contributed by atoms with van der Waals surface area (Å²) >= 11 is 0. The van der Waals surface area contributed by atoms with Gasteiger partial charge in [0, 0.05) is 12.1 Å². The van der Waals surface area contributed by atoms with Crippen LogP contribution in [0.1, 0.15) is 10.4 Å². The molecule has 0 radical (unpaired) electrons. The zero-order valence-electron chi connectivity index (χ0n) is 8.99. The molecule has 0 aliphatic heterocycles. The summed E-state index contributed by atoms with van der Waals surface area (Å²) < 4.78 is 44.3. The zero-order valence-corrected chi connectivity index (χ0v) is 8.99. The molecular weight excluding hydrogens is 245 g/mol. The summed E-state index contributed by atoms with van der Waals surface area (Å²) in [6, 6.07) is 6.72. The van der Waals surface area contributed by atoms with Crippen molar-refractivity contribution in [2.45, 2.75) is 0 Å². The number of hydrogen-bond acceptors (Lipinski definition) is 2. The Bertz CT molecular complexity index is 556. The van der Waals surface area contributed by atoms with Crippen LogP contribution in [0, 0.1) is 17.5 Å². The van der Waals surface area contributed by atoms with Crippen molar-refractivity contribution in [1.82, 2.24) is 0 Å². The summed E-state index contributed by atoms with van der Waals surface area (Å²) in [5, 5.41) is 0. The van der Waals surface area contributed by atoms with Crippen LogP contribution in [0.4, 0.5) is 13.2 Å². The summed E-state index contributed by atoms with van der Waals surface area (Å²) in [5.41, 5.74) is -0.651. The minimum atomic E-state index is -1.01. The lowest BCUT2D eigenvalue weighted by Crippen LogP contribution is -1.95. The third kappa shape index (κ3) is 2.51. The van der Waals surface area contributed by atoms with Gasteiger partial charge in [0.1, 0.15) is 29.0 Å². The van der Waals surface area contributed by atoms with Crippen molar-refractivity contribution < 1.29 is 22.7 Å². The highest BCUT2D eigenvalue weighted by atomic mass is 19.1. The molecule has 2 aromatic carbocycles. The average molecular weight is 252 g/mol. The molecule has 18 heavy (non-hydrogen) atoms. The molecule has 2 aromatic rings. The molecule has 5 heteroatoms. The number of carbonyl (C=O) groups excluding carboxylic acids is 1. The quantitative estimate of drug-likeness (QED) is 0.778. The highest BCUT2D eigenvalue weighted by Gasteiger charge is 2.11. The number of halogens is 3. The molecule has 0 unspecified atom stereocenters. The van der Waals surface area contributed by atoms with Crippen LogP contribution >= 0.6 is 0 Å². The fourth-order valence-electron chi connectivity index (χ4n) is 1.37. The van der Waals surface area contributed by atoms with Crippen LogP contribution < -0.4 is 4.74 Å². The van der Waals surface area contributed by atoms with Crippen molar-refractivity contribution in [3.05, 3.63) is 59.4 Å². The van der Waals surface area contributed by atoms with Crippen molar-refractivity contribution in [3.63, 3.8) is 0 Å². The molecule has 0 saturated heterocycles. The van der Waals surface area contributed by atoms with Gasteiger partial charge in [-0.1, -0.05) is 0 Å². The van der Waals surface area contributed by atoms with E-state index in [4.69, 9.17) is 4.74 Å². The highest BCUT2D eigenvalue weighted by Crippen LogP contribution is 2.25. The molecule has 0 heterocycles. The SMILES string of the molecule is O=Cc1c(F)cc(Oc2ccc(F)cc2)cc1F. The zero-order chi connectivity index (χ0) is 13.1. The van der Waals surface area contributed by atoms with Gasteiger partial charge in [0.2, 0.25) is 0 Å². The third-order valence-electron chi connectivity index (χ3n) is 2.22. The van der Waals surface area contributed by atoms with Crippen molar-refractivity contribution in [1.29, 1.82) is 0 Å². The largest absolute Gasteiger partial charge is 0.457 e. The Morgan fingerprint density at radius 2 is 1.44 bits per heavy atom. The lowest BCUT2D eigenvalue weighted by atomic mass is 10.2. The van der Waals surface area contributed by atoms with Crippen LogP contribution in [-0.4, -0.2) is 6.29 Å². The van der Waals surface area contributed by atoms with Gasteiger partial charge >= 0.3 is 0 Å². The molecule has 0 aliphatic rings.